The summed E-state index contributed by atoms with van der Waals surface area (Å²) in [5.74, 6) is -0.672. The van der Waals surface area contributed by atoms with Gasteiger partial charge in [0.25, 0.3) is 0 Å². The quantitative estimate of drug-likeness (QED) is 0.785. The van der Waals surface area contributed by atoms with Crippen molar-refractivity contribution >= 4 is 37.5 Å². The van der Waals surface area contributed by atoms with Crippen molar-refractivity contribution < 1.29 is 8.78 Å². The van der Waals surface area contributed by atoms with E-state index in [0.29, 0.717) is 16.7 Å². The summed E-state index contributed by atoms with van der Waals surface area (Å²) in [6.45, 7) is 0.339. The van der Waals surface area contributed by atoms with E-state index in [1.54, 1.807) is 24.3 Å². The van der Waals surface area contributed by atoms with Gasteiger partial charge >= 0.3 is 0 Å². The van der Waals surface area contributed by atoms with Gasteiger partial charge in [-0.2, -0.15) is 0 Å². The molecule has 5 heteroatoms. The molecule has 0 spiro atoms. The topological polar surface area (TPSA) is 12.0 Å². The molecule has 0 saturated heterocycles. The van der Waals surface area contributed by atoms with Gasteiger partial charge in [-0.1, -0.05) is 28.1 Å². The number of hydrogen-bond acceptors (Lipinski definition) is 1. The Kier molecular flexibility index (Phi) is 4.35. The molecule has 0 atom stereocenters. The van der Waals surface area contributed by atoms with Crippen molar-refractivity contribution in [2.24, 2.45) is 0 Å². The lowest BCUT2D eigenvalue weighted by Gasteiger charge is -2.10. The molecule has 94 valence electrons. The Labute approximate surface area is 120 Å². The second-order valence-electron chi connectivity index (χ2n) is 3.69. The standard InChI is InChI=1S/C13H9Br2F2N/c14-9-4-5-10(16)12(6-9)18-7-8-2-1-3-11(17)13(8)15/h1-6,18H,7H2. The first kappa shape index (κ1) is 13.5. The van der Waals surface area contributed by atoms with Gasteiger partial charge in [0.2, 0.25) is 0 Å². The summed E-state index contributed by atoms with van der Waals surface area (Å²) < 4.78 is 28.0. The van der Waals surface area contributed by atoms with Crippen molar-refractivity contribution in [3.05, 3.63) is 62.5 Å². The molecule has 1 N–H and O–H groups in total. The maximum atomic E-state index is 13.5. The summed E-state index contributed by atoms with van der Waals surface area (Å²) in [6.07, 6.45) is 0. The lowest BCUT2D eigenvalue weighted by atomic mass is 10.2. The molecule has 0 heterocycles. The number of hydrogen-bond donors (Lipinski definition) is 1. The van der Waals surface area contributed by atoms with Crippen LogP contribution in [-0.4, -0.2) is 0 Å². The molecular weight excluding hydrogens is 368 g/mol. The molecule has 1 nitrogen and oxygen atoms in total. The molecular formula is C13H9Br2F2N. The molecule has 0 aliphatic heterocycles. The van der Waals surface area contributed by atoms with Crippen LogP contribution < -0.4 is 5.32 Å². The van der Waals surface area contributed by atoms with Crippen LogP contribution in [0.4, 0.5) is 14.5 Å². The molecule has 18 heavy (non-hydrogen) atoms. The van der Waals surface area contributed by atoms with Gasteiger partial charge in [-0.25, -0.2) is 8.78 Å². The lowest BCUT2D eigenvalue weighted by Crippen LogP contribution is -2.02. The van der Waals surface area contributed by atoms with Gasteiger partial charge in [-0.15, -0.1) is 0 Å². The molecule has 0 amide bonds. The van der Waals surface area contributed by atoms with Crippen molar-refractivity contribution in [2.75, 3.05) is 5.32 Å². The van der Waals surface area contributed by atoms with Gasteiger partial charge in [0.05, 0.1) is 10.2 Å². The third-order valence-electron chi connectivity index (χ3n) is 2.43. The van der Waals surface area contributed by atoms with E-state index >= 15 is 0 Å². The zero-order chi connectivity index (χ0) is 13.1. The normalized spacial score (nSPS) is 10.4. The van der Waals surface area contributed by atoms with Crippen LogP contribution in [0, 0.1) is 11.6 Å². The number of rotatable bonds is 3. The van der Waals surface area contributed by atoms with Gasteiger partial charge in [0.15, 0.2) is 0 Å². The van der Waals surface area contributed by atoms with E-state index in [2.05, 4.69) is 37.2 Å². The molecule has 2 rings (SSSR count). The van der Waals surface area contributed by atoms with Crippen LogP contribution in [0.2, 0.25) is 0 Å². The zero-order valence-corrected chi connectivity index (χ0v) is 12.4. The highest BCUT2D eigenvalue weighted by atomic mass is 79.9. The fourth-order valence-electron chi connectivity index (χ4n) is 1.51. The Morgan fingerprint density at radius 2 is 1.78 bits per heavy atom. The monoisotopic (exact) mass is 375 g/mol. The van der Waals surface area contributed by atoms with Crippen LogP contribution in [0.25, 0.3) is 0 Å². The van der Waals surface area contributed by atoms with Crippen LogP contribution in [0.3, 0.4) is 0 Å². The van der Waals surface area contributed by atoms with Crippen molar-refractivity contribution in [3.8, 4) is 0 Å². The Bertz CT molecular complexity index is 571. The summed E-state index contributed by atoms with van der Waals surface area (Å²) in [7, 11) is 0. The molecule has 0 radical (unpaired) electrons. The fraction of sp³-hybridized carbons (Fsp3) is 0.0769. The zero-order valence-electron chi connectivity index (χ0n) is 9.18. The van der Waals surface area contributed by atoms with Crippen LogP contribution >= 0.6 is 31.9 Å². The Morgan fingerprint density at radius 1 is 1.00 bits per heavy atom. The van der Waals surface area contributed by atoms with Crippen LogP contribution in [-0.2, 0) is 6.54 Å². The number of anilines is 1. The van der Waals surface area contributed by atoms with Gasteiger partial charge in [-0.05, 0) is 45.8 Å². The van der Waals surface area contributed by atoms with Crippen molar-refractivity contribution in [1.29, 1.82) is 0 Å². The number of benzene rings is 2. The van der Waals surface area contributed by atoms with Crippen molar-refractivity contribution in [1.82, 2.24) is 0 Å². The second-order valence-corrected chi connectivity index (χ2v) is 5.40. The highest BCUT2D eigenvalue weighted by Gasteiger charge is 2.06. The minimum absolute atomic E-state index is 0.330. The second kappa shape index (κ2) is 5.80. The molecule has 0 aliphatic rings. The van der Waals surface area contributed by atoms with Gasteiger partial charge in [-0.3, -0.25) is 0 Å². The van der Waals surface area contributed by atoms with E-state index in [1.165, 1.54) is 12.1 Å². The molecule has 2 aromatic rings. The molecule has 0 bridgehead atoms. The highest BCUT2D eigenvalue weighted by Crippen LogP contribution is 2.24. The van der Waals surface area contributed by atoms with Crippen LogP contribution in [0.1, 0.15) is 5.56 Å². The molecule has 0 fully saturated rings. The Balaban J connectivity index is 2.16. The highest BCUT2D eigenvalue weighted by molar-refractivity contribution is 9.10. The number of halogens is 4. The van der Waals surface area contributed by atoms with Crippen molar-refractivity contribution in [3.63, 3.8) is 0 Å². The fourth-order valence-corrected chi connectivity index (χ4v) is 2.27. The summed E-state index contributed by atoms with van der Waals surface area (Å²) in [5, 5.41) is 2.94. The van der Waals surface area contributed by atoms with Crippen molar-refractivity contribution in [2.45, 2.75) is 6.54 Å². The van der Waals surface area contributed by atoms with E-state index in [9.17, 15) is 8.78 Å². The minimum Gasteiger partial charge on any atom is -0.379 e. The molecule has 0 unspecified atom stereocenters. The summed E-state index contributed by atoms with van der Waals surface area (Å²) in [5.41, 5.74) is 1.11. The average Bonchev–Trinajstić information content (AvgIpc) is 2.35. The maximum absolute atomic E-state index is 13.5. The summed E-state index contributed by atoms with van der Waals surface area (Å²) in [6, 6.07) is 9.39. The van der Waals surface area contributed by atoms with Gasteiger partial charge < -0.3 is 5.32 Å². The van der Waals surface area contributed by atoms with E-state index < -0.39 is 0 Å². The van der Waals surface area contributed by atoms with Crippen LogP contribution in [0.5, 0.6) is 0 Å². The minimum atomic E-state index is -0.342. The van der Waals surface area contributed by atoms with Gasteiger partial charge in [0, 0.05) is 11.0 Å². The third kappa shape index (κ3) is 3.09. The lowest BCUT2D eigenvalue weighted by molar-refractivity contribution is 0.618. The smallest absolute Gasteiger partial charge is 0.146 e. The van der Waals surface area contributed by atoms with E-state index in [-0.39, 0.29) is 11.6 Å². The molecule has 2 aromatic carbocycles. The largest absolute Gasteiger partial charge is 0.379 e. The molecule has 0 aliphatic carbocycles. The molecule has 0 saturated carbocycles. The third-order valence-corrected chi connectivity index (χ3v) is 3.81. The van der Waals surface area contributed by atoms with E-state index in [1.807, 2.05) is 0 Å². The van der Waals surface area contributed by atoms with E-state index in [0.717, 1.165) is 10.0 Å². The van der Waals surface area contributed by atoms with E-state index in [4.69, 9.17) is 0 Å². The maximum Gasteiger partial charge on any atom is 0.146 e. The Morgan fingerprint density at radius 3 is 2.56 bits per heavy atom. The average molecular weight is 377 g/mol. The molecule has 0 aromatic heterocycles. The summed E-state index contributed by atoms with van der Waals surface area (Å²) >= 11 is 6.44. The Hall–Kier alpha value is -0.940. The van der Waals surface area contributed by atoms with Gasteiger partial charge in [0.1, 0.15) is 11.6 Å². The predicted molar refractivity (Wildman–Crippen MR) is 75.5 cm³/mol. The number of nitrogens with one attached hydrogen (secondary N) is 1. The first-order valence-electron chi connectivity index (χ1n) is 5.20. The first-order chi connectivity index (χ1) is 8.58. The van der Waals surface area contributed by atoms with Crippen LogP contribution in [0.15, 0.2) is 45.3 Å². The summed E-state index contributed by atoms with van der Waals surface area (Å²) in [4.78, 5) is 0. The predicted octanol–water partition coefficient (Wildman–Crippen LogP) is 5.10. The first-order valence-corrected chi connectivity index (χ1v) is 6.78. The SMILES string of the molecule is Fc1ccc(Br)cc1NCc1cccc(F)c1Br.